The van der Waals surface area contributed by atoms with Crippen LogP contribution in [0.1, 0.15) is 16.1 Å². The van der Waals surface area contributed by atoms with Crippen LogP contribution in [-0.4, -0.2) is 57.2 Å². The van der Waals surface area contributed by atoms with Crippen molar-refractivity contribution in [3.8, 4) is 0 Å². The van der Waals surface area contributed by atoms with E-state index < -0.39 is 5.82 Å². The number of halogens is 1. The van der Waals surface area contributed by atoms with Crippen LogP contribution in [0.5, 0.6) is 0 Å². The third-order valence-electron chi connectivity index (χ3n) is 4.69. The molecular formula is C20H20FN7O. The van der Waals surface area contributed by atoms with Crippen molar-refractivity contribution in [2.75, 3.05) is 36.4 Å². The number of piperazine rings is 1. The first-order valence-corrected chi connectivity index (χ1v) is 9.28. The molecule has 148 valence electrons. The molecule has 0 radical (unpaired) electrons. The molecule has 8 nitrogen and oxygen atoms in total. The largest absolute Gasteiger partial charge is 0.352 e. The number of anilines is 3. The molecule has 0 aliphatic carbocycles. The summed E-state index contributed by atoms with van der Waals surface area (Å²) in [6.07, 6.45) is 2.48. The summed E-state index contributed by atoms with van der Waals surface area (Å²) in [7, 11) is 0. The highest BCUT2D eigenvalue weighted by atomic mass is 19.1. The van der Waals surface area contributed by atoms with Crippen LogP contribution < -0.4 is 10.2 Å². The van der Waals surface area contributed by atoms with Crippen LogP contribution in [-0.2, 0) is 0 Å². The van der Waals surface area contributed by atoms with Crippen molar-refractivity contribution >= 4 is 23.4 Å². The number of pyridine rings is 2. The number of aryl methyl sites for hydroxylation is 1. The van der Waals surface area contributed by atoms with Gasteiger partial charge in [0.2, 0.25) is 0 Å². The Morgan fingerprint density at radius 1 is 1.03 bits per heavy atom. The van der Waals surface area contributed by atoms with Gasteiger partial charge in [-0.2, -0.15) is 0 Å². The van der Waals surface area contributed by atoms with Crippen molar-refractivity contribution < 1.29 is 9.18 Å². The Kier molecular flexibility index (Phi) is 5.28. The van der Waals surface area contributed by atoms with Crippen LogP contribution in [0.25, 0.3) is 0 Å². The second-order valence-electron chi connectivity index (χ2n) is 6.70. The molecule has 0 saturated carbocycles. The number of hydrogen-bond acceptors (Lipinski definition) is 7. The van der Waals surface area contributed by atoms with Gasteiger partial charge in [0, 0.05) is 38.1 Å². The van der Waals surface area contributed by atoms with E-state index in [-0.39, 0.29) is 11.5 Å². The summed E-state index contributed by atoms with van der Waals surface area (Å²) in [6.45, 7) is 4.08. The molecule has 4 heterocycles. The molecular weight excluding hydrogens is 373 g/mol. The monoisotopic (exact) mass is 393 g/mol. The molecule has 0 unspecified atom stereocenters. The molecule has 1 aliphatic heterocycles. The highest BCUT2D eigenvalue weighted by Crippen LogP contribution is 2.18. The van der Waals surface area contributed by atoms with Gasteiger partial charge >= 0.3 is 0 Å². The van der Waals surface area contributed by atoms with Crippen LogP contribution >= 0.6 is 0 Å². The smallest absolute Gasteiger partial charge is 0.257 e. The summed E-state index contributed by atoms with van der Waals surface area (Å²) in [6, 6.07) is 10.8. The van der Waals surface area contributed by atoms with E-state index in [0.717, 1.165) is 17.7 Å². The molecule has 0 bridgehead atoms. The first-order chi connectivity index (χ1) is 14.1. The highest BCUT2D eigenvalue weighted by Gasteiger charge is 2.24. The topological polar surface area (TPSA) is 87.1 Å². The predicted octanol–water partition coefficient (Wildman–Crippen LogP) is 2.42. The number of rotatable bonds is 4. The van der Waals surface area contributed by atoms with Gasteiger partial charge < -0.3 is 15.1 Å². The molecule has 0 atom stereocenters. The normalized spacial score (nSPS) is 14.0. The van der Waals surface area contributed by atoms with Crippen molar-refractivity contribution in [3.05, 3.63) is 65.9 Å². The van der Waals surface area contributed by atoms with E-state index in [1.54, 1.807) is 4.90 Å². The van der Waals surface area contributed by atoms with Crippen LogP contribution in [0.2, 0.25) is 0 Å². The average Bonchev–Trinajstić information content (AvgIpc) is 2.74. The van der Waals surface area contributed by atoms with E-state index in [9.17, 15) is 9.18 Å². The van der Waals surface area contributed by atoms with Crippen molar-refractivity contribution in [3.63, 3.8) is 0 Å². The van der Waals surface area contributed by atoms with E-state index >= 15 is 0 Å². The molecule has 9 heteroatoms. The van der Waals surface area contributed by atoms with E-state index in [1.165, 1.54) is 12.3 Å². The summed E-state index contributed by atoms with van der Waals surface area (Å²) in [5.41, 5.74) is 0.965. The molecule has 1 aliphatic rings. The van der Waals surface area contributed by atoms with E-state index in [0.29, 0.717) is 37.8 Å². The summed E-state index contributed by atoms with van der Waals surface area (Å²) in [4.78, 5) is 24.3. The van der Waals surface area contributed by atoms with Gasteiger partial charge in [-0.1, -0.05) is 6.07 Å². The Hall–Kier alpha value is -3.62. The van der Waals surface area contributed by atoms with Gasteiger partial charge in [0.05, 0.1) is 11.8 Å². The molecule has 3 aromatic heterocycles. The number of aromatic nitrogens is 4. The SMILES string of the molecule is Cc1cccc(Nc2ccc(N3CCN(C(=O)c4ccncc4F)CC3)nn2)n1. The van der Waals surface area contributed by atoms with Crippen LogP contribution in [0.15, 0.2) is 48.8 Å². The van der Waals surface area contributed by atoms with E-state index in [2.05, 4.69) is 25.5 Å². The van der Waals surface area contributed by atoms with Crippen molar-refractivity contribution in [2.45, 2.75) is 6.92 Å². The summed E-state index contributed by atoms with van der Waals surface area (Å²) in [5, 5.41) is 11.6. The molecule has 4 rings (SSSR count). The lowest BCUT2D eigenvalue weighted by Crippen LogP contribution is -2.49. The Morgan fingerprint density at radius 2 is 1.86 bits per heavy atom. The lowest BCUT2D eigenvalue weighted by atomic mass is 10.2. The number of nitrogens with one attached hydrogen (secondary N) is 1. The molecule has 0 aromatic carbocycles. The number of carbonyl (C=O) groups is 1. The fourth-order valence-corrected chi connectivity index (χ4v) is 3.16. The molecule has 1 N–H and O–H groups in total. The van der Waals surface area contributed by atoms with Crippen LogP contribution in [0.4, 0.5) is 21.8 Å². The third kappa shape index (κ3) is 4.29. The van der Waals surface area contributed by atoms with Crippen LogP contribution in [0, 0.1) is 12.7 Å². The maximum atomic E-state index is 13.8. The van der Waals surface area contributed by atoms with Gasteiger partial charge in [0.25, 0.3) is 5.91 Å². The van der Waals surface area contributed by atoms with Crippen molar-refractivity contribution in [2.24, 2.45) is 0 Å². The maximum absolute atomic E-state index is 13.8. The second-order valence-corrected chi connectivity index (χ2v) is 6.70. The van der Waals surface area contributed by atoms with Gasteiger partial charge in [-0.25, -0.2) is 9.37 Å². The Labute approximate surface area is 167 Å². The summed E-state index contributed by atoms with van der Waals surface area (Å²) >= 11 is 0. The zero-order valence-corrected chi connectivity index (χ0v) is 15.9. The molecule has 29 heavy (non-hydrogen) atoms. The number of amides is 1. The maximum Gasteiger partial charge on any atom is 0.257 e. The third-order valence-corrected chi connectivity index (χ3v) is 4.69. The highest BCUT2D eigenvalue weighted by molar-refractivity contribution is 5.94. The minimum absolute atomic E-state index is 0.0495. The fraction of sp³-hybridized carbons (Fsp3) is 0.250. The zero-order valence-electron chi connectivity index (χ0n) is 15.9. The average molecular weight is 393 g/mol. The zero-order chi connectivity index (χ0) is 20.2. The summed E-state index contributed by atoms with van der Waals surface area (Å²) < 4.78 is 13.8. The molecule has 0 spiro atoms. The van der Waals surface area contributed by atoms with Gasteiger partial charge in [-0.3, -0.25) is 9.78 Å². The van der Waals surface area contributed by atoms with E-state index in [1.807, 2.05) is 42.2 Å². The molecule has 1 amide bonds. The number of hydrogen-bond donors (Lipinski definition) is 1. The predicted molar refractivity (Wildman–Crippen MR) is 107 cm³/mol. The molecule has 1 fully saturated rings. The Balaban J connectivity index is 1.36. The first-order valence-electron chi connectivity index (χ1n) is 9.28. The molecule has 3 aromatic rings. The van der Waals surface area contributed by atoms with Gasteiger partial charge in [-0.05, 0) is 37.3 Å². The quantitative estimate of drug-likeness (QED) is 0.728. The lowest BCUT2D eigenvalue weighted by molar-refractivity contribution is 0.0741. The van der Waals surface area contributed by atoms with Crippen LogP contribution in [0.3, 0.4) is 0 Å². The first kappa shape index (κ1) is 18.7. The van der Waals surface area contributed by atoms with Gasteiger partial charge in [0.15, 0.2) is 17.5 Å². The number of carbonyl (C=O) groups excluding carboxylic acids is 1. The minimum atomic E-state index is -0.600. The van der Waals surface area contributed by atoms with Gasteiger partial charge in [-0.15, -0.1) is 10.2 Å². The van der Waals surface area contributed by atoms with E-state index in [4.69, 9.17) is 0 Å². The van der Waals surface area contributed by atoms with Crippen molar-refractivity contribution in [1.29, 1.82) is 0 Å². The Bertz CT molecular complexity index is 1000. The number of nitrogens with zero attached hydrogens (tertiary/aromatic N) is 6. The van der Waals surface area contributed by atoms with Crippen molar-refractivity contribution in [1.82, 2.24) is 25.1 Å². The lowest BCUT2D eigenvalue weighted by Gasteiger charge is -2.35. The molecule has 1 saturated heterocycles. The Morgan fingerprint density at radius 3 is 2.55 bits per heavy atom. The standard InChI is InChI=1S/C20H20FN7O/c1-14-3-2-4-17(23-14)24-18-5-6-19(26-25-18)27-9-11-28(12-10-27)20(29)15-7-8-22-13-16(15)21/h2-8,13H,9-12H2,1H3,(H,23,24,25). The summed E-state index contributed by atoms with van der Waals surface area (Å²) in [5.74, 6) is 1.13. The fourth-order valence-electron chi connectivity index (χ4n) is 3.16. The second kappa shape index (κ2) is 8.17. The minimum Gasteiger partial charge on any atom is -0.352 e. The van der Waals surface area contributed by atoms with Gasteiger partial charge in [0.1, 0.15) is 5.82 Å².